The predicted octanol–water partition coefficient (Wildman–Crippen LogP) is 2.72. The van der Waals surface area contributed by atoms with Gasteiger partial charge in [0.1, 0.15) is 4.90 Å². The van der Waals surface area contributed by atoms with Gasteiger partial charge in [-0.25, -0.2) is 8.42 Å². The van der Waals surface area contributed by atoms with Gasteiger partial charge in [0.05, 0.1) is 10.0 Å². The first-order chi connectivity index (χ1) is 8.73. The summed E-state index contributed by atoms with van der Waals surface area (Å²) in [6, 6.07) is 2.86. The van der Waals surface area contributed by atoms with Gasteiger partial charge in [0.2, 0.25) is 10.0 Å². The van der Waals surface area contributed by atoms with Crippen molar-refractivity contribution in [2.75, 3.05) is 13.1 Å². The number of benzene rings is 1. The highest BCUT2D eigenvalue weighted by molar-refractivity contribution is 9.10. The third-order valence-electron chi connectivity index (χ3n) is 3.20. The van der Waals surface area contributed by atoms with Gasteiger partial charge in [0, 0.05) is 23.6 Å². The van der Waals surface area contributed by atoms with E-state index in [-0.39, 0.29) is 33.4 Å². The van der Waals surface area contributed by atoms with Crippen molar-refractivity contribution in [3.8, 4) is 0 Å². The van der Waals surface area contributed by atoms with Gasteiger partial charge in [-0.1, -0.05) is 46.1 Å². The molecule has 8 heteroatoms. The zero-order valence-corrected chi connectivity index (χ0v) is 14.0. The van der Waals surface area contributed by atoms with Crippen LogP contribution >= 0.6 is 39.1 Å². The van der Waals surface area contributed by atoms with E-state index in [1.165, 1.54) is 16.4 Å². The van der Waals surface area contributed by atoms with Gasteiger partial charge in [-0.15, -0.1) is 0 Å². The molecule has 106 valence electrons. The van der Waals surface area contributed by atoms with Crippen molar-refractivity contribution in [2.45, 2.75) is 17.9 Å². The van der Waals surface area contributed by atoms with Crippen molar-refractivity contribution < 1.29 is 8.42 Å². The van der Waals surface area contributed by atoms with Crippen LogP contribution in [-0.4, -0.2) is 31.9 Å². The summed E-state index contributed by atoms with van der Waals surface area (Å²) < 4.78 is 27.1. The van der Waals surface area contributed by atoms with Gasteiger partial charge >= 0.3 is 0 Å². The van der Waals surface area contributed by atoms with Crippen LogP contribution in [0.2, 0.25) is 10.0 Å². The average molecular weight is 388 g/mol. The fourth-order valence-electron chi connectivity index (χ4n) is 2.05. The maximum Gasteiger partial charge on any atom is 0.246 e. The number of rotatable bonds is 2. The second kappa shape index (κ2) is 5.50. The molecule has 1 aliphatic heterocycles. The molecule has 19 heavy (non-hydrogen) atoms. The first-order valence-electron chi connectivity index (χ1n) is 5.63. The summed E-state index contributed by atoms with van der Waals surface area (Å²) >= 11 is 15.3. The standard InChI is InChI=1S/C11H13BrCl2N2O2S/c1-6-4-16(5-10(6)15)19(17,18)11-8(13)2-7(12)3-9(11)14/h2-3,6,10H,4-5,15H2,1H3. The third kappa shape index (κ3) is 2.94. The summed E-state index contributed by atoms with van der Waals surface area (Å²) in [4.78, 5) is -0.0552. The lowest BCUT2D eigenvalue weighted by Crippen LogP contribution is -2.32. The average Bonchev–Trinajstić information content (AvgIpc) is 2.57. The Labute approximate surface area is 131 Å². The highest BCUT2D eigenvalue weighted by Crippen LogP contribution is 2.36. The Morgan fingerprint density at radius 2 is 1.84 bits per heavy atom. The molecule has 2 unspecified atom stereocenters. The molecule has 1 fully saturated rings. The Hall–Kier alpha value is 0.150. The summed E-state index contributed by atoms with van der Waals surface area (Å²) in [7, 11) is -3.71. The second-order valence-corrected chi connectivity index (χ2v) is 8.27. The monoisotopic (exact) mass is 386 g/mol. The van der Waals surface area contributed by atoms with Gasteiger partial charge in [-0.05, 0) is 18.1 Å². The van der Waals surface area contributed by atoms with Crippen LogP contribution in [0.5, 0.6) is 0 Å². The summed E-state index contributed by atoms with van der Waals surface area (Å²) in [5.74, 6) is 0.114. The molecule has 1 aromatic rings. The maximum atomic E-state index is 12.6. The van der Waals surface area contributed by atoms with Gasteiger partial charge < -0.3 is 5.73 Å². The lowest BCUT2D eigenvalue weighted by Gasteiger charge is -2.18. The number of halogens is 3. The molecule has 0 saturated carbocycles. The van der Waals surface area contributed by atoms with Crippen LogP contribution in [0.25, 0.3) is 0 Å². The molecule has 0 aliphatic carbocycles. The molecule has 0 radical (unpaired) electrons. The zero-order valence-electron chi connectivity index (χ0n) is 10.1. The van der Waals surface area contributed by atoms with E-state index in [0.717, 1.165) is 0 Å². The molecule has 1 aliphatic rings. The first kappa shape index (κ1) is 15.5. The molecule has 1 saturated heterocycles. The smallest absolute Gasteiger partial charge is 0.246 e. The molecule has 1 aromatic carbocycles. The molecule has 4 nitrogen and oxygen atoms in total. The number of nitrogens with zero attached hydrogens (tertiary/aromatic N) is 1. The van der Waals surface area contributed by atoms with E-state index < -0.39 is 10.0 Å². The van der Waals surface area contributed by atoms with E-state index >= 15 is 0 Å². The van der Waals surface area contributed by atoms with E-state index in [1.54, 1.807) is 0 Å². The molecular weight excluding hydrogens is 375 g/mol. The molecule has 1 heterocycles. The van der Waals surface area contributed by atoms with Crippen LogP contribution in [0.15, 0.2) is 21.5 Å². The highest BCUT2D eigenvalue weighted by atomic mass is 79.9. The summed E-state index contributed by atoms with van der Waals surface area (Å²) in [5, 5.41) is 0.208. The maximum absolute atomic E-state index is 12.6. The van der Waals surface area contributed by atoms with Crippen LogP contribution in [-0.2, 0) is 10.0 Å². The molecule has 2 N–H and O–H groups in total. The predicted molar refractivity (Wildman–Crippen MR) is 80.1 cm³/mol. The Morgan fingerprint density at radius 3 is 2.26 bits per heavy atom. The van der Waals surface area contributed by atoms with Crippen LogP contribution < -0.4 is 5.73 Å². The van der Waals surface area contributed by atoms with Crippen molar-refractivity contribution in [2.24, 2.45) is 11.7 Å². The Morgan fingerprint density at radius 1 is 1.32 bits per heavy atom. The number of sulfonamides is 1. The number of hydrogen-bond donors (Lipinski definition) is 1. The molecule has 0 aromatic heterocycles. The van der Waals surface area contributed by atoms with Crippen LogP contribution in [0.3, 0.4) is 0 Å². The van der Waals surface area contributed by atoms with E-state index in [2.05, 4.69) is 15.9 Å². The van der Waals surface area contributed by atoms with Gasteiger partial charge in [-0.2, -0.15) is 4.31 Å². The van der Waals surface area contributed by atoms with Crippen molar-refractivity contribution in [1.29, 1.82) is 0 Å². The second-order valence-electron chi connectivity index (χ2n) is 4.66. The van der Waals surface area contributed by atoms with Crippen molar-refractivity contribution in [1.82, 2.24) is 4.31 Å². The molecular formula is C11H13BrCl2N2O2S. The Balaban J connectivity index is 2.47. The highest BCUT2D eigenvalue weighted by Gasteiger charge is 2.37. The normalized spacial score (nSPS) is 24.9. The third-order valence-corrected chi connectivity index (χ3v) is 6.41. The zero-order chi connectivity index (χ0) is 14.4. The SMILES string of the molecule is CC1CN(S(=O)(=O)c2c(Cl)cc(Br)cc2Cl)CC1N. The Kier molecular flexibility index (Phi) is 4.50. The fraction of sp³-hybridized carbons (Fsp3) is 0.455. The van der Waals surface area contributed by atoms with E-state index in [9.17, 15) is 8.42 Å². The van der Waals surface area contributed by atoms with E-state index in [4.69, 9.17) is 28.9 Å². The van der Waals surface area contributed by atoms with Crippen molar-refractivity contribution in [3.05, 3.63) is 26.7 Å². The molecule has 0 bridgehead atoms. The van der Waals surface area contributed by atoms with Crippen molar-refractivity contribution in [3.63, 3.8) is 0 Å². The minimum Gasteiger partial charge on any atom is -0.326 e. The minimum absolute atomic E-state index is 0.0552. The molecule has 2 atom stereocenters. The topological polar surface area (TPSA) is 63.4 Å². The van der Waals surface area contributed by atoms with Gasteiger partial charge in [-0.3, -0.25) is 0 Å². The van der Waals surface area contributed by atoms with Crippen LogP contribution in [0, 0.1) is 5.92 Å². The fourth-order valence-corrected chi connectivity index (χ4v) is 5.51. The quantitative estimate of drug-likeness (QED) is 0.848. The van der Waals surface area contributed by atoms with E-state index in [1.807, 2.05) is 6.92 Å². The lowest BCUT2D eigenvalue weighted by atomic mass is 10.1. The van der Waals surface area contributed by atoms with Crippen molar-refractivity contribution >= 4 is 49.2 Å². The van der Waals surface area contributed by atoms with E-state index in [0.29, 0.717) is 11.0 Å². The number of hydrogen-bond acceptors (Lipinski definition) is 3. The number of nitrogens with two attached hydrogens (primary N) is 1. The molecule has 0 amide bonds. The summed E-state index contributed by atoms with van der Waals surface area (Å²) in [6.45, 7) is 2.59. The molecule has 0 spiro atoms. The first-order valence-corrected chi connectivity index (χ1v) is 8.62. The Bertz CT molecular complexity index is 576. The summed E-state index contributed by atoms with van der Waals surface area (Å²) in [6.07, 6.45) is 0. The largest absolute Gasteiger partial charge is 0.326 e. The van der Waals surface area contributed by atoms with Gasteiger partial charge in [0.25, 0.3) is 0 Å². The minimum atomic E-state index is -3.71. The van der Waals surface area contributed by atoms with Gasteiger partial charge in [0.15, 0.2) is 0 Å². The van der Waals surface area contributed by atoms with Crippen LogP contribution in [0.4, 0.5) is 0 Å². The lowest BCUT2D eigenvalue weighted by molar-refractivity contribution is 0.464. The van der Waals surface area contributed by atoms with Crippen LogP contribution in [0.1, 0.15) is 6.92 Å². The summed E-state index contributed by atoms with van der Waals surface area (Å²) in [5.41, 5.74) is 5.86. The molecule has 2 rings (SSSR count).